The van der Waals surface area contributed by atoms with E-state index in [2.05, 4.69) is 98.0 Å². The van der Waals surface area contributed by atoms with Gasteiger partial charge in [-0.3, -0.25) is 0 Å². The molecule has 1 heterocycles. The summed E-state index contributed by atoms with van der Waals surface area (Å²) in [6.45, 7) is 24.1. The zero-order valence-electron chi connectivity index (χ0n) is 32.5. The van der Waals surface area contributed by atoms with Crippen molar-refractivity contribution in [2.24, 2.45) is 11.8 Å². The molecule has 0 aromatic rings. The summed E-state index contributed by atoms with van der Waals surface area (Å²) in [5, 5.41) is 22.7. The SMILES string of the molecule is CC[C@H]1C=C[C@H](OC(C)C)O[C@H]1/C=C/[C@](O)(CC#N)[C@@H](C[C@H](/C=C\C=C/C1CCCCC1)O[Si](C)(C)C(C)(C)C)O[Si](CC)(CC)CC. The summed E-state index contributed by atoms with van der Waals surface area (Å²) in [4.78, 5) is 0. The first-order valence-electron chi connectivity index (χ1n) is 19.1. The average Bonchev–Trinajstić information content (AvgIpc) is 3.04. The molecule has 0 spiro atoms. The Labute approximate surface area is 297 Å². The summed E-state index contributed by atoms with van der Waals surface area (Å²) in [5.41, 5.74) is -1.52. The lowest BCUT2D eigenvalue weighted by Crippen LogP contribution is -2.52. The highest BCUT2D eigenvalue weighted by atomic mass is 28.4. The summed E-state index contributed by atoms with van der Waals surface area (Å²) >= 11 is 0. The van der Waals surface area contributed by atoms with Crippen molar-refractivity contribution in [3.63, 3.8) is 0 Å². The Kier molecular flexibility index (Phi) is 17.8. The number of nitrogens with zero attached hydrogens (tertiary/aromatic N) is 1. The van der Waals surface area contributed by atoms with Gasteiger partial charge in [-0.1, -0.05) is 110 Å². The Bertz CT molecular complexity index is 1090. The fraction of sp³-hybridized carbons (Fsp3) is 0.775. The van der Waals surface area contributed by atoms with Crippen LogP contribution in [0.2, 0.25) is 36.3 Å². The van der Waals surface area contributed by atoms with E-state index in [4.69, 9.17) is 18.3 Å². The molecule has 0 amide bonds. The van der Waals surface area contributed by atoms with E-state index in [0.717, 1.165) is 24.6 Å². The molecule has 2 aliphatic rings. The van der Waals surface area contributed by atoms with Crippen molar-refractivity contribution in [3.05, 3.63) is 48.6 Å². The highest BCUT2D eigenvalue weighted by molar-refractivity contribution is 6.74. The number of ether oxygens (including phenoxy) is 2. The van der Waals surface area contributed by atoms with Crippen LogP contribution in [0.4, 0.5) is 0 Å². The first kappa shape index (κ1) is 42.8. The summed E-state index contributed by atoms with van der Waals surface area (Å²) in [6, 6.07) is 5.14. The quantitative estimate of drug-likeness (QED) is 0.0820. The number of hydrogen-bond donors (Lipinski definition) is 1. The first-order valence-corrected chi connectivity index (χ1v) is 24.5. The molecule has 6 atom stereocenters. The number of nitriles is 1. The molecular weight excluding hydrogens is 631 g/mol. The Balaban J connectivity index is 2.56. The average molecular weight is 702 g/mol. The summed E-state index contributed by atoms with van der Waals surface area (Å²) in [7, 11) is -4.40. The van der Waals surface area contributed by atoms with Crippen molar-refractivity contribution in [1.82, 2.24) is 0 Å². The normalized spacial score (nSPS) is 24.5. The minimum Gasteiger partial charge on any atom is -0.411 e. The van der Waals surface area contributed by atoms with Gasteiger partial charge in [0.05, 0.1) is 36.9 Å². The van der Waals surface area contributed by atoms with Gasteiger partial charge in [0, 0.05) is 12.3 Å². The van der Waals surface area contributed by atoms with Crippen LogP contribution in [-0.2, 0) is 18.3 Å². The van der Waals surface area contributed by atoms with Crippen LogP contribution in [-0.4, -0.2) is 58.0 Å². The minimum absolute atomic E-state index is 0.0145. The zero-order chi connectivity index (χ0) is 36.0. The van der Waals surface area contributed by atoms with Crippen molar-refractivity contribution in [2.45, 2.75) is 186 Å². The third-order valence-electron chi connectivity index (χ3n) is 11.1. The number of rotatable bonds is 19. The van der Waals surface area contributed by atoms with E-state index in [-0.39, 0.29) is 35.7 Å². The van der Waals surface area contributed by atoms with Crippen LogP contribution in [0, 0.1) is 23.2 Å². The number of hydrogen-bond acceptors (Lipinski definition) is 6. The predicted octanol–water partition coefficient (Wildman–Crippen LogP) is 10.8. The Morgan fingerprint density at radius 1 is 0.958 bits per heavy atom. The van der Waals surface area contributed by atoms with Crippen molar-refractivity contribution >= 4 is 16.6 Å². The molecule has 0 radical (unpaired) electrons. The summed E-state index contributed by atoms with van der Waals surface area (Å²) in [6.07, 6.45) is 22.9. The van der Waals surface area contributed by atoms with Crippen LogP contribution in [0.5, 0.6) is 0 Å². The maximum atomic E-state index is 12.6. The standard InChI is InChI=1S/C40H71NO5Si2/c1-12-34-25-26-38(43-32(5)6)44-36(34)27-28-40(42,29-30-41)37(46-48(13-2,14-3)15-4)31-35(45-47(10,11)39(7,8)9)24-20-19-23-33-21-17-16-18-22-33/h19-20,23-28,32-38,42H,12-18,21-22,29,31H2,1-11H3/b23-19-,24-20-,28-27+/t34-,35-,36-,37+,38+,40-/m0/s1. The molecule has 1 saturated carbocycles. The van der Waals surface area contributed by atoms with Gasteiger partial charge in [-0.25, -0.2) is 0 Å². The van der Waals surface area contributed by atoms with Crippen LogP contribution >= 0.6 is 0 Å². The van der Waals surface area contributed by atoms with Gasteiger partial charge in [-0.05, 0) is 81.4 Å². The molecule has 1 aliphatic carbocycles. The number of allylic oxidation sites excluding steroid dienone is 3. The minimum atomic E-state index is -2.21. The first-order chi connectivity index (χ1) is 22.6. The predicted molar refractivity (Wildman–Crippen MR) is 206 cm³/mol. The fourth-order valence-corrected chi connectivity index (χ4v) is 10.7. The van der Waals surface area contributed by atoms with Crippen molar-refractivity contribution in [2.75, 3.05) is 0 Å². The monoisotopic (exact) mass is 701 g/mol. The largest absolute Gasteiger partial charge is 0.411 e. The molecule has 1 aliphatic heterocycles. The lowest BCUT2D eigenvalue weighted by Gasteiger charge is -2.43. The molecule has 1 N–H and O–H groups in total. The summed E-state index contributed by atoms with van der Waals surface area (Å²) < 4.78 is 26.6. The molecule has 2 rings (SSSR count). The van der Waals surface area contributed by atoms with Crippen LogP contribution in [0.3, 0.4) is 0 Å². The molecule has 0 unspecified atom stereocenters. The highest BCUT2D eigenvalue weighted by Gasteiger charge is 2.45. The zero-order valence-corrected chi connectivity index (χ0v) is 34.5. The molecule has 6 nitrogen and oxygen atoms in total. The maximum absolute atomic E-state index is 12.6. The second kappa shape index (κ2) is 19.9. The molecule has 0 aromatic heterocycles. The Morgan fingerprint density at radius 2 is 1.60 bits per heavy atom. The van der Waals surface area contributed by atoms with E-state index in [1.165, 1.54) is 32.1 Å². The van der Waals surface area contributed by atoms with E-state index in [1.807, 2.05) is 26.0 Å². The molecule has 0 aromatic carbocycles. The molecule has 8 heteroatoms. The van der Waals surface area contributed by atoms with Gasteiger partial charge in [0.2, 0.25) is 0 Å². The van der Waals surface area contributed by atoms with Crippen LogP contribution in [0.1, 0.15) is 114 Å². The van der Waals surface area contributed by atoms with E-state index < -0.39 is 34.6 Å². The smallest absolute Gasteiger partial charge is 0.192 e. The third kappa shape index (κ3) is 13.1. The lowest BCUT2D eigenvalue weighted by molar-refractivity contribution is -0.164. The second-order valence-electron chi connectivity index (χ2n) is 16.0. The van der Waals surface area contributed by atoms with Gasteiger partial charge < -0.3 is 23.4 Å². The molecule has 48 heavy (non-hydrogen) atoms. The second-order valence-corrected chi connectivity index (χ2v) is 25.4. The van der Waals surface area contributed by atoms with E-state index in [0.29, 0.717) is 12.3 Å². The molecule has 274 valence electrons. The van der Waals surface area contributed by atoms with E-state index >= 15 is 0 Å². The molecule has 0 bridgehead atoms. The van der Waals surface area contributed by atoms with Crippen molar-refractivity contribution in [1.29, 1.82) is 5.26 Å². The topological polar surface area (TPSA) is 80.9 Å². The van der Waals surface area contributed by atoms with Gasteiger partial charge >= 0.3 is 0 Å². The van der Waals surface area contributed by atoms with Gasteiger partial charge in [-0.2, -0.15) is 5.26 Å². The Morgan fingerprint density at radius 3 is 2.15 bits per heavy atom. The van der Waals surface area contributed by atoms with Gasteiger partial charge in [0.15, 0.2) is 22.9 Å². The van der Waals surface area contributed by atoms with Crippen molar-refractivity contribution in [3.8, 4) is 6.07 Å². The van der Waals surface area contributed by atoms with Crippen LogP contribution in [0.25, 0.3) is 0 Å². The maximum Gasteiger partial charge on any atom is 0.192 e. The lowest BCUT2D eigenvalue weighted by atomic mass is 9.87. The fourth-order valence-electron chi connectivity index (χ4n) is 6.54. The third-order valence-corrected chi connectivity index (χ3v) is 20.2. The van der Waals surface area contributed by atoms with Crippen LogP contribution < -0.4 is 0 Å². The molecule has 1 fully saturated rings. The van der Waals surface area contributed by atoms with E-state index in [1.54, 1.807) is 6.08 Å². The highest BCUT2D eigenvalue weighted by Crippen LogP contribution is 2.40. The van der Waals surface area contributed by atoms with E-state index in [9.17, 15) is 10.4 Å². The van der Waals surface area contributed by atoms with Crippen molar-refractivity contribution < 1.29 is 23.4 Å². The molecular formula is C40H71NO5Si2. The van der Waals surface area contributed by atoms with Gasteiger partial charge in [-0.15, -0.1) is 0 Å². The summed E-state index contributed by atoms with van der Waals surface area (Å²) in [5.74, 6) is 0.785. The van der Waals surface area contributed by atoms with Crippen LogP contribution in [0.15, 0.2) is 48.6 Å². The van der Waals surface area contributed by atoms with Gasteiger partial charge in [0.25, 0.3) is 0 Å². The molecule has 0 saturated heterocycles. The van der Waals surface area contributed by atoms with Gasteiger partial charge in [0.1, 0.15) is 5.60 Å². The number of aliphatic hydroxyl groups is 1. The Hall–Kier alpha value is -1.32.